The number of rotatable bonds is 4. The molecular formula is C14H17N5OS. The summed E-state index contributed by atoms with van der Waals surface area (Å²) in [4.78, 5) is 12.6. The van der Waals surface area contributed by atoms with Crippen LogP contribution in [-0.2, 0) is 13.0 Å². The largest absolute Gasteiger partial charge is 0.339 e. The van der Waals surface area contributed by atoms with E-state index in [1.54, 1.807) is 11.3 Å². The van der Waals surface area contributed by atoms with E-state index in [0.29, 0.717) is 0 Å². The molecule has 1 unspecified atom stereocenters. The van der Waals surface area contributed by atoms with Gasteiger partial charge in [0.15, 0.2) is 10.8 Å². The van der Waals surface area contributed by atoms with E-state index < -0.39 is 0 Å². The van der Waals surface area contributed by atoms with E-state index in [2.05, 4.69) is 36.0 Å². The van der Waals surface area contributed by atoms with Gasteiger partial charge in [0.25, 0.3) is 0 Å². The molecule has 0 aliphatic carbocycles. The van der Waals surface area contributed by atoms with Crippen molar-refractivity contribution in [2.75, 3.05) is 6.54 Å². The number of hydrogen-bond donors (Lipinski definition) is 0. The second-order valence-corrected chi connectivity index (χ2v) is 6.23. The number of nitrogens with zero attached hydrogens (tertiary/aromatic N) is 5. The van der Waals surface area contributed by atoms with Crippen LogP contribution in [0.1, 0.15) is 43.2 Å². The molecule has 1 fully saturated rings. The highest BCUT2D eigenvalue weighted by molar-refractivity contribution is 7.15. The molecule has 0 amide bonds. The third-order valence-electron chi connectivity index (χ3n) is 3.96. The zero-order valence-electron chi connectivity index (χ0n) is 11.9. The first-order valence-corrected chi connectivity index (χ1v) is 8.19. The van der Waals surface area contributed by atoms with Crippen molar-refractivity contribution >= 4 is 16.3 Å². The molecule has 0 radical (unpaired) electrons. The normalized spacial score (nSPS) is 19.8. The maximum absolute atomic E-state index is 5.25. The van der Waals surface area contributed by atoms with Gasteiger partial charge in [0.1, 0.15) is 0 Å². The summed E-state index contributed by atoms with van der Waals surface area (Å²) < 4.78 is 7.33. The molecular weight excluding hydrogens is 286 g/mol. The average molecular weight is 303 g/mol. The first-order valence-electron chi connectivity index (χ1n) is 7.31. The third-order valence-corrected chi connectivity index (χ3v) is 4.73. The predicted molar refractivity (Wildman–Crippen MR) is 79.1 cm³/mol. The highest BCUT2D eigenvalue weighted by Crippen LogP contribution is 2.31. The van der Waals surface area contributed by atoms with Gasteiger partial charge in [-0.2, -0.15) is 4.98 Å². The lowest BCUT2D eigenvalue weighted by molar-refractivity contribution is 0.232. The number of fused-ring (bicyclic) bond motifs is 1. The van der Waals surface area contributed by atoms with Crippen LogP contribution in [0.25, 0.3) is 4.96 Å². The quantitative estimate of drug-likeness (QED) is 0.741. The highest BCUT2D eigenvalue weighted by atomic mass is 32.1. The van der Waals surface area contributed by atoms with Crippen LogP contribution in [0, 0.1) is 0 Å². The van der Waals surface area contributed by atoms with Crippen LogP contribution in [0.3, 0.4) is 0 Å². The molecule has 4 rings (SSSR count). The van der Waals surface area contributed by atoms with E-state index in [4.69, 9.17) is 4.52 Å². The van der Waals surface area contributed by atoms with Crippen molar-refractivity contribution in [3.05, 3.63) is 35.2 Å². The Bertz CT molecular complexity index is 717. The Labute approximate surface area is 126 Å². The summed E-state index contributed by atoms with van der Waals surface area (Å²) in [5, 5.41) is 6.19. The fraction of sp³-hybridized carbons (Fsp3) is 0.500. The first-order chi connectivity index (χ1) is 10.3. The molecule has 0 aromatic carbocycles. The zero-order chi connectivity index (χ0) is 14.2. The molecule has 0 spiro atoms. The molecule has 1 aliphatic heterocycles. The van der Waals surface area contributed by atoms with Gasteiger partial charge in [-0.3, -0.25) is 9.30 Å². The van der Waals surface area contributed by atoms with Gasteiger partial charge in [0.2, 0.25) is 5.89 Å². The molecule has 1 aliphatic rings. The van der Waals surface area contributed by atoms with Crippen molar-refractivity contribution in [3.63, 3.8) is 0 Å². The van der Waals surface area contributed by atoms with Gasteiger partial charge >= 0.3 is 0 Å². The number of imidazole rings is 1. The average Bonchev–Trinajstić information content (AvgIpc) is 3.21. The summed E-state index contributed by atoms with van der Waals surface area (Å²) in [5.74, 6) is 1.55. The van der Waals surface area contributed by atoms with Gasteiger partial charge in [0, 0.05) is 30.7 Å². The standard InChI is InChI=1S/C14H17N5OS/c1-2-12-16-13(17-20-12)11-4-3-5-18(11)8-10-9-19-6-7-21-14(19)15-10/h6-7,9,11H,2-5,8H2,1H3. The van der Waals surface area contributed by atoms with E-state index in [9.17, 15) is 0 Å². The Morgan fingerprint density at radius 3 is 3.19 bits per heavy atom. The van der Waals surface area contributed by atoms with Gasteiger partial charge in [-0.25, -0.2) is 4.98 Å². The second kappa shape index (κ2) is 5.23. The van der Waals surface area contributed by atoms with Crippen molar-refractivity contribution < 1.29 is 4.52 Å². The zero-order valence-corrected chi connectivity index (χ0v) is 12.7. The van der Waals surface area contributed by atoms with Crippen molar-refractivity contribution in [1.82, 2.24) is 24.4 Å². The van der Waals surface area contributed by atoms with E-state index in [-0.39, 0.29) is 6.04 Å². The van der Waals surface area contributed by atoms with E-state index in [1.807, 2.05) is 13.1 Å². The summed E-state index contributed by atoms with van der Waals surface area (Å²) in [7, 11) is 0. The SMILES string of the molecule is CCc1nc(C2CCCN2Cc2cn3ccsc3n2)no1. The van der Waals surface area contributed by atoms with Crippen molar-refractivity contribution in [3.8, 4) is 0 Å². The predicted octanol–water partition coefficient (Wildman–Crippen LogP) is 2.68. The molecule has 1 atom stereocenters. The Balaban J connectivity index is 1.54. The van der Waals surface area contributed by atoms with Gasteiger partial charge in [-0.1, -0.05) is 12.1 Å². The maximum atomic E-state index is 5.25. The van der Waals surface area contributed by atoms with E-state index >= 15 is 0 Å². The molecule has 0 bridgehead atoms. The van der Waals surface area contributed by atoms with Crippen LogP contribution >= 0.6 is 11.3 Å². The Hall–Kier alpha value is -1.73. The number of aryl methyl sites for hydroxylation is 1. The fourth-order valence-electron chi connectivity index (χ4n) is 2.92. The molecule has 110 valence electrons. The minimum absolute atomic E-state index is 0.258. The topological polar surface area (TPSA) is 59.5 Å². The Kier molecular flexibility index (Phi) is 3.23. The molecule has 0 N–H and O–H groups in total. The molecule has 3 aromatic rings. The van der Waals surface area contributed by atoms with Gasteiger partial charge < -0.3 is 4.52 Å². The molecule has 4 heterocycles. The van der Waals surface area contributed by atoms with Gasteiger partial charge in [-0.05, 0) is 19.4 Å². The molecule has 6 nitrogen and oxygen atoms in total. The molecule has 7 heteroatoms. The second-order valence-electron chi connectivity index (χ2n) is 5.35. The van der Waals surface area contributed by atoms with Crippen LogP contribution in [0.15, 0.2) is 22.3 Å². The fourth-order valence-corrected chi connectivity index (χ4v) is 3.63. The summed E-state index contributed by atoms with van der Waals surface area (Å²) in [6.45, 7) is 3.93. The van der Waals surface area contributed by atoms with Gasteiger partial charge in [-0.15, -0.1) is 11.3 Å². The van der Waals surface area contributed by atoms with E-state index in [0.717, 1.165) is 48.3 Å². The maximum Gasteiger partial charge on any atom is 0.226 e. The van der Waals surface area contributed by atoms with Crippen molar-refractivity contribution in [2.45, 2.75) is 38.8 Å². The monoisotopic (exact) mass is 303 g/mol. The van der Waals surface area contributed by atoms with Crippen molar-refractivity contribution in [1.29, 1.82) is 0 Å². The smallest absolute Gasteiger partial charge is 0.226 e. The van der Waals surface area contributed by atoms with Crippen LogP contribution in [0.4, 0.5) is 0 Å². The van der Waals surface area contributed by atoms with Crippen LogP contribution < -0.4 is 0 Å². The number of likely N-dealkylation sites (tertiary alicyclic amines) is 1. The van der Waals surface area contributed by atoms with E-state index in [1.165, 1.54) is 6.42 Å². The minimum Gasteiger partial charge on any atom is -0.339 e. The summed E-state index contributed by atoms with van der Waals surface area (Å²) in [6, 6.07) is 0.258. The van der Waals surface area contributed by atoms with Crippen LogP contribution in [0.5, 0.6) is 0 Å². The Morgan fingerprint density at radius 2 is 2.38 bits per heavy atom. The lowest BCUT2D eigenvalue weighted by Gasteiger charge is -2.20. The molecule has 1 saturated heterocycles. The molecule has 21 heavy (non-hydrogen) atoms. The highest BCUT2D eigenvalue weighted by Gasteiger charge is 2.30. The lowest BCUT2D eigenvalue weighted by atomic mass is 10.2. The molecule has 3 aromatic heterocycles. The van der Waals surface area contributed by atoms with Crippen LogP contribution in [0.2, 0.25) is 0 Å². The number of aromatic nitrogens is 4. The lowest BCUT2D eigenvalue weighted by Crippen LogP contribution is -2.23. The minimum atomic E-state index is 0.258. The summed E-state index contributed by atoms with van der Waals surface area (Å²) in [5.41, 5.74) is 1.10. The summed E-state index contributed by atoms with van der Waals surface area (Å²) >= 11 is 1.66. The van der Waals surface area contributed by atoms with Crippen molar-refractivity contribution in [2.24, 2.45) is 0 Å². The number of thiazole rings is 1. The van der Waals surface area contributed by atoms with Gasteiger partial charge in [0.05, 0.1) is 11.7 Å². The first kappa shape index (κ1) is 13.0. The third kappa shape index (κ3) is 2.36. The summed E-state index contributed by atoms with van der Waals surface area (Å²) in [6.07, 6.45) is 7.20. The number of hydrogen-bond acceptors (Lipinski definition) is 6. The van der Waals surface area contributed by atoms with Crippen LogP contribution in [-0.4, -0.2) is 31.0 Å². The Morgan fingerprint density at radius 1 is 1.43 bits per heavy atom. The molecule has 0 saturated carbocycles.